The first-order chi connectivity index (χ1) is 24.6. The molecule has 1 aromatic carbocycles. The van der Waals surface area contributed by atoms with Crippen LogP contribution in [0.1, 0.15) is 31.5 Å². The average molecular weight is 761 g/mol. The van der Waals surface area contributed by atoms with Crippen LogP contribution in [0.4, 0.5) is 22.0 Å². The molecule has 290 valence electrons. The number of alkyl halides is 3. The van der Waals surface area contributed by atoms with E-state index in [0.29, 0.717) is 16.8 Å². The quantitative estimate of drug-likeness (QED) is 0.150. The van der Waals surface area contributed by atoms with E-state index in [1.54, 1.807) is 18.2 Å². The highest BCUT2D eigenvalue weighted by molar-refractivity contribution is 6.14. The van der Waals surface area contributed by atoms with Crippen LogP contribution >= 0.6 is 0 Å². The Morgan fingerprint density at radius 1 is 1.06 bits per heavy atom. The van der Waals surface area contributed by atoms with Gasteiger partial charge in [0.15, 0.2) is 12.2 Å². The Bertz CT molecular complexity index is 1690. The normalized spacial score (nSPS) is 18.9. The molecule has 0 radical (unpaired) electrons. The minimum absolute atomic E-state index is 0.00697. The monoisotopic (exact) mass is 760 g/mol. The maximum Gasteiger partial charge on any atom is 0.408 e. The zero-order chi connectivity index (χ0) is 39.9. The number of benzene rings is 1. The van der Waals surface area contributed by atoms with Crippen LogP contribution in [-0.4, -0.2) is 127 Å². The second-order valence-corrected chi connectivity index (χ2v) is 12.7. The number of ether oxygens (including phenoxy) is 1. The highest BCUT2D eigenvalue weighted by Crippen LogP contribution is 2.39. The van der Waals surface area contributed by atoms with Gasteiger partial charge in [-0.15, -0.1) is 0 Å². The number of hydrogen-bond acceptors (Lipinski definition) is 11. The van der Waals surface area contributed by atoms with Crippen LogP contribution in [0, 0.1) is 17.0 Å². The number of amides is 3. The highest BCUT2D eigenvalue weighted by atomic mass is 19.4. The van der Waals surface area contributed by atoms with Crippen molar-refractivity contribution in [2.45, 2.75) is 63.3 Å². The van der Waals surface area contributed by atoms with Gasteiger partial charge in [-0.1, -0.05) is 12.1 Å². The van der Waals surface area contributed by atoms with Crippen LogP contribution in [0.5, 0.6) is 0 Å². The minimum atomic E-state index is -4.71. The summed E-state index contributed by atoms with van der Waals surface area (Å²) >= 11 is 0. The number of carbonyl (C=O) groups excluding carboxylic acids is 3. The molecule has 53 heavy (non-hydrogen) atoms. The summed E-state index contributed by atoms with van der Waals surface area (Å²) in [5, 5.41) is 39.4. The summed E-state index contributed by atoms with van der Waals surface area (Å²) in [6.45, 7) is 0.0803. The predicted molar refractivity (Wildman–Crippen MR) is 170 cm³/mol. The van der Waals surface area contributed by atoms with Gasteiger partial charge in [0.25, 0.3) is 5.91 Å². The smallest absolute Gasteiger partial charge is 0.408 e. The fourth-order valence-electron chi connectivity index (χ4n) is 5.20. The molecule has 4 rings (SSSR count). The summed E-state index contributed by atoms with van der Waals surface area (Å²) < 4.78 is 72.7. The molecule has 2 aromatic rings. The van der Waals surface area contributed by atoms with Gasteiger partial charge < -0.3 is 41.1 Å². The van der Waals surface area contributed by atoms with Gasteiger partial charge in [-0.25, -0.2) is 23.4 Å². The number of likely N-dealkylation sites (tertiary alicyclic amines) is 1. The van der Waals surface area contributed by atoms with Crippen LogP contribution in [0.2, 0.25) is 0 Å². The van der Waals surface area contributed by atoms with Gasteiger partial charge >= 0.3 is 18.1 Å². The number of aliphatic carboxylic acids is 2. The second kappa shape index (κ2) is 17.1. The van der Waals surface area contributed by atoms with Crippen molar-refractivity contribution in [2.75, 3.05) is 26.2 Å². The lowest BCUT2D eigenvalue weighted by molar-refractivity contribution is -0.165. The van der Waals surface area contributed by atoms with E-state index in [0.717, 1.165) is 6.07 Å². The molecule has 0 saturated carbocycles. The SMILES string of the molecule is CC(C)(N)C(=O)N[C@H](COCc1ccc(F)cc1F)C(=O)N1CCC2=NN(CC(F)(F)F)C(=O)[C@]2(Cc2ccccn2)C1.O=C(O)C(O)C(O)C(=O)O. The van der Waals surface area contributed by atoms with Gasteiger partial charge in [0, 0.05) is 49.5 Å². The molecular weight excluding hydrogens is 723 g/mol. The number of nitrogens with zero attached hydrogens (tertiary/aromatic N) is 4. The number of halogens is 5. The number of rotatable bonds is 13. The number of piperidine rings is 1. The number of fused-ring (bicyclic) bond motifs is 1. The van der Waals surface area contributed by atoms with Crippen molar-refractivity contribution < 1.29 is 71.1 Å². The molecule has 4 atom stereocenters. The predicted octanol–water partition coefficient (Wildman–Crippen LogP) is 0.198. The van der Waals surface area contributed by atoms with Crippen LogP contribution < -0.4 is 11.1 Å². The van der Waals surface area contributed by atoms with Gasteiger partial charge in [-0.2, -0.15) is 18.3 Å². The molecule has 1 fully saturated rings. The van der Waals surface area contributed by atoms with Crippen molar-refractivity contribution in [3.8, 4) is 0 Å². The van der Waals surface area contributed by atoms with Gasteiger partial charge in [-0.3, -0.25) is 19.4 Å². The van der Waals surface area contributed by atoms with E-state index in [1.807, 2.05) is 0 Å². The molecule has 2 unspecified atom stereocenters. The molecule has 1 saturated heterocycles. The van der Waals surface area contributed by atoms with Crippen LogP contribution in [0.25, 0.3) is 0 Å². The number of hydrogen-bond donors (Lipinski definition) is 6. The van der Waals surface area contributed by atoms with E-state index < -0.39 is 89.8 Å². The first-order valence-corrected chi connectivity index (χ1v) is 15.6. The lowest BCUT2D eigenvalue weighted by Crippen LogP contribution is -2.62. The zero-order valence-corrected chi connectivity index (χ0v) is 28.2. The van der Waals surface area contributed by atoms with E-state index in [2.05, 4.69) is 15.4 Å². The molecule has 3 amide bonds. The summed E-state index contributed by atoms with van der Waals surface area (Å²) in [6.07, 6.45) is -7.89. The summed E-state index contributed by atoms with van der Waals surface area (Å²) in [6, 6.07) is 6.45. The van der Waals surface area contributed by atoms with E-state index >= 15 is 0 Å². The summed E-state index contributed by atoms with van der Waals surface area (Å²) in [7, 11) is 0. The van der Waals surface area contributed by atoms with Crippen molar-refractivity contribution >= 4 is 35.4 Å². The first kappa shape index (κ1) is 42.3. The van der Waals surface area contributed by atoms with Gasteiger partial charge in [0.2, 0.25) is 11.8 Å². The summed E-state index contributed by atoms with van der Waals surface area (Å²) in [4.78, 5) is 65.1. The fourth-order valence-corrected chi connectivity index (χ4v) is 5.20. The fraction of sp³-hybridized carbons (Fsp3) is 0.469. The molecule has 7 N–H and O–H groups in total. The van der Waals surface area contributed by atoms with Gasteiger partial charge in [0.05, 0.1) is 24.5 Å². The van der Waals surface area contributed by atoms with Crippen molar-refractivity contribution in [1.82, 2.24) is 20.2 Å². The van der Waals surface area contributed by atoms with Crippen molar-refractivity contribution in [2.24, 2.45) is 16.3 Å². The Hall–Kier alpha value is -5.12. The third-order valence-electron chi connectivity index (χ3n) is 7.92. The number of aliphatic hydroxyl groups is 2. The lowest BCUT2D eigenvalue weighted by atomic mass is 9.74. The van der Waals surface area contributed by atoms with Crippen molar-refractivity contribution in [3.05, 3.63) is 65.5 Å². The van der Waals surface area contributed by atoms with Crippen LogP contribution in [0.15, 0.2) is 47.7 Å². The molecule has 1 aromatic heterocycles. The number of aliphatic hydroxyl groups excluding tert-OH is 2. The van der Waals surface area contributed by atoms with Crippen LogP contribution in [0.3, 0.4) is 0 Å². The van der Waals surface area contributed by atoms with Gasteiger partial charge in [-0.05, 0) is 32.0 Å². The lowest BCUT2D eigenvalue weighted by Gasteiger charge is -2.40. The zero-order valence-electron chi connectivity index (χ0n) is 28.2. The van der Waals surface area contributed by atoms with E-state index in [4.69, 9.17) is 30.9 Å². The van der Waals surface area contributed by atoms with Crippen molar-refractivity contribution in [3.63, 3.8) is 0 Å². The summed E-state index contributed by atoms with van der Waals surface area (Å²) in [5.74, 6) is -7.51. The molecule has 3 heterocycles. The van der Waals surface area contributed by atoms with Gasteiger partial charge in [0.1, 0.15) is 29.6 Å². The van der Waals surface area contributed by atoms with Crippen LogP contribution in [-0.2, 0) is 41.7 Å². The largest absolute Gasteiger partial charge is 0.479 e. The standard InChI is InChI=1S/C28H31F5N6O4.C4H6O6/c1-26(2,34)24(41)36-21(14-43-13-17-6-7-18(29)11-20(17)30)23(40)38-10-8-22-27(15-38,12-19-5-3-4-9-35-19)25(42)39(37-22)16-28(31,32)33;5-1(3(7)8)2(6)4(9)10/h3-7,9,11,21H,8,10,12-16,34H2,1-2H3,(H,36,41);1-2,5-6H,(H,7,8)(H,9,10)/t21-,27-;/m1./s1. The Kier molecular flexibility index (Phi) is 13.7. The Morgan fingerprint density at radius 3 is 2.23 bits per heavy atom. The topological polar surface area (TPSA) is 245 Å². The maximum absolute atomic E-state index is 14.1. The maximum atomic E-state index is 14.1. The molecule has 2 aliphatic heterocycles. The number of nitrogens with two attached hydrogens (primary N) is 1. The third kappa shape index (κ3) is 11.2. The number of carboxylic acids is 2. The number of pyridine rings is 1. The molecule has 21 heteroatoms. The Morgan fingerprint density at radius 2 is 1.70 bits per heavy atom. The molecule has 2 aliphatic rings. The number of aromatic nitrogens is 1. The Balaban J connectivity index is 0.000000661. The first-order valence-electron chi connectivity index (χ1n) is 15.6. The molecule has 0 spiro atoms. The number of carboxylic acid groups (broad SMARTS) is 2. The second-order valence-electron chi connectivity index (χ2n) is 12.7. The van der Waals surface area contributed by atoms with E-state index in [9.17, 15) is 45.9 Å². The van der Waals surface area contributed by atoms with E-state index in [1.165, 1.54) is 31.0 Å². The Labute approximate surface area is 298 Å². The molecule has 0 aliphatic carbocycles. The number of hydrazone groups is 1. The minimum Gasteiger partial charge on any atom is -0.479 e. The van der Waals surface area contributed by atoms with E-state index in [-0.39, 0.29) is 43.8 Å². The van der Waals surface area contributed by atoms with Crippen molar-refractivity contribution in [1.29, 1.82) is 0 Å². The number of carbonyl (C=O) groups is 5. The molecular formula is C32H37F5N6O10. The molecule has 16 nitrogen and oxygen atoms in total. The highest BCUT2D eigenvalue weighted by Gasteiger charge is 2.56. The summed E-state index contributed by atoms with van der Waals surface area (Å²) in [5.41, 5.74) is 3.49. The average Bonchev–Trinajstić information content (AvgIpc) is 3.32. The molecule has 0 bridgehead atoms. The third-order valence-corrected chi connectivity index (χ3v) is 7.92. The number of nitrogens with one attached hydrogen (secondary N) is 1.